The van der Waals surface area contributed by atoms with Gasteiger partial charge in [0.2, 0.25) is 17.7 Å². The molecule has 71 heavy (non-hydrogen) atoms. The smallest absolute Gasteiger partial charge is 0.343 e. The van der Waals surface area contributed by atoms with Gasteiger partial charge in [0.25, 0.3) is 0 Å². The Hall–Kier alpha value is -6.83. The van der Waals surface area contributed by atoms with Crippen LogP contribution >= 0.6 is 0 Å². The third-order valence-corrected chi connectivity index (χ3v) is 11.2. The second-order valence-electron chi connectivity index (χ2n) is 22.2. The summed E-state index contributed by atoms with van der Waals surface area (Å²) < 4.78 is 23.4. The number of carbonyl (C=O) groups excluding carboxylic acids is 7. The van der Waals surface area contributed by atoms with Crippen molar-refractivity contribution in [3.8, 4) is 11.5 Å². The van der Waals surface area contributed by atoms with E-state index in [4.69, 9.17) is 18.9 Å². The maximum atomic E-state index is 13.9. The molecule has 4 rings (SSSR count). The van der Waals surface area contributed by atoms with Crippen LogP contribution in [0.5, 0.6) is 11.5 Å². The van der Waals surface area contributed by atoms with E-state index in [0.717, 1.165) is 38.9 Å². The number of hydrogen-bond donors (Lipinski definition) is 3. The molecule has 0 aliphatic rings. The number of anilines is 3. The first-order valence-electron chi connectivity index (χ1n) is 23.9. The number of esters is 4. The summed E-state index contributed by atoms with van der Waals surface area (Å²) in [6.45, 7) is 29.9. The van der Waals surface area contributed by atoms with Gasteiger partial charge in [0.1, 0.15) is 24.7 Å². The first kappa shape index (κ1) is 56.8. The molecule has 3 N–H and O–H groups in total. The molecular formula is C57H73N3O11. The number of hydrogen-bond acceptors (Lipinski definition) is 11. The van der Waals surface area contributed by atoms with Gasteiger partial charge >= 0.3 is 23.9 Å². The quantitative estimate of drug-likeness (QED) is 0.0550. The first-order chi connectivity index (χ1) is 32.7. The summed E-state index contributed by atoms with van der Waals surface area (Å²) in [6.07, 6.45) is 0.791. The molecule has 4 aromatic rings. The Morgan fingerprint density at radius 3 is 1.01 bits per heavy atom. The van der Waals surface area contributed by atoms with Gasteiger partial charge in [-0.05, 0) is 94.5 Å². The normalized spacial score (nSPS) is 11.8. The van der Waals surface area contributed by atoms with Crippen molar-refractivity contribution in [2.45, 2.75) is 158 Å². The lowest BCUT2D eigenvalue weighted by Gasteiger charge is -2.30. The molecule has 0 saturated heterocycles. The summed E-state index contributed by atoms with van der Waals surface area (Å²) in [4.78, 5) is 89.1. The zero-order valence-corrected chi connectivity index (χ0v) is 44.5. The van der Waals surface area contributed by atoms with Crippen molar-refractivity contribution in [2.24, 2.45) is 0 Å². The number of carbonyl (C=O) groups is 7. The largest absolute Gasteiger partial charge is 0.462 e. The molecule has 4 aromatic carbocycles. The third-order valence-electron chi connectivity index (χ3n) is 11.2. The van der Waals surface area contributed by atoms with E-state index >= 15 is 0 Å². The van der Waals surface area contributed by atoms with Gasteiger partial charge in [-0.25, -0.2) is 9.59 Å². The van der Waals surface area contributed by atoms with Crippen LogP contribution in [-0.2, 0) is 67.9 Å². The van der Waals surface area contributed by atoms with E-state index < -0.39 is 45.5 Å². The van der Waals surface area contributed by atoms with Crippen LogP contribution in [0.4, 0.5) is 17.1 Å². The van der Waals surface area contributed by atoms with Crippen molar-refractivity contribution >= 4 is 58.7 Å². The molecule has 0 fully saturated rings. The fourth-order valence-electron chi connectivity index (χ4n) is 7.84. The van der Waals surface area contributed by atoms with Crippen molar-refractivity contribution < 1.29 is 52.5 Å². The van der Waals surface area contributed by atoms with E-state index in [1.165, 1.54) is 32.9 Å². The summed E-state index contributed by atoms with van der Waals surface area (Å²) >= 11 is 0. The fraction of sp³-hybridized carbons (Fsp3) is 0.456. The number of amides is 3. The molecule has 0 aromatic heterocycles. The first-order valence-corrected chi connectivity index (χ1v) is 23.9. The number of benzene rings is 4. The van der Waals surface area contributed by atoms with Crippen molar-refractivity contribution in [3.63, 3.8) is 0 Å². The molecule has 0 radical (unpaired) electrons. The molecular weight excluding hydrogens is 903 g/mol. The molecule has 14 heteroatoms. The molecule has 0 saturated carbocycles. The van der Waals surface area contributed by atoms with Crippen molar-refractivity contribution in [3.05, 3.63) is 111 Å². The number of rotatable bonds is 16. The minimum atomic E-state index is -0.685. The molecule has 0 spiro atoms. The predicted molar refractivity (Wildman–Crippen MR) is 277 cm³/mol. The third kappa shape index (κ3) is 16.9. The Bertz CT molecular complexity index is 2580. The number of aryl methyl sites for hydroxylation is 3. The highest BCUT2D eigenvalue weighted by atomic mass is 16.6. The molecule has 3 amide bonds. The van der Waals surface area contributed by atoms with Crippen molar-refractivity contribution in [1.82, 2.24) is 0 Å². The van der Waals surface area contributed by atoms with E-state index in [1.54, 1.807) is 24.3 Å². The highest BCUT2D eigenvalue weighted by Gasteiger charge is 2.32. The van der Waals surface area contributed by atoms with Crippen LogP contribution in [0.25, 0.3) is 0 Å². The minimum Gasteiger partial charge on any atom is -0.462 e. The summed E-state index contributed by atoms with van der Waals surface area (Å²) in [5.41, 5.74) is 5.24. The number of nitrogens with one attached hydrogen (secondary N) is 3. The monoisotopic (exact) mass is 976 g/mol. The van der Waals surface area contributed by atoms with Crippen molar-refractivity contribution in [1.29, 1.82) is 0 Å². The lowest BCUT2D eigenvalue weighted by molar-refractivity contribution is -0.152. The van der Waals surface area contributed by atoms with Crippen LogP contribution in [-0.4, -0.2) is 54.8 Å². The Balaban J connectivity index is 1.42. The minimum absolute atomic E-state index is 0.0444. The van der Waals surface area contributed by atoms with Crippen molar-refractivity contribution in [2.75, 3.05) is 29.2 Å². The molecule has 0 bridgehead atoms. The van der Waals surface area contributed by atoms with Crippen LogP contribution < -0.4 is 25.4 Å². The van der Waals surface area contributed by atoms with Gasteiger partial charge in [-0.15, -0.1) is 0 Å². The summed E-state index contributed by atoms with van der Waals surface area (Å²) in [7, 11) is 0. The second-order valence-corrected chi connectivity index (χ2v) is 22.2. The molecule has 14 nitrogen and oxygen atoms in total. The van der Waals surface area contributed by atoms with Gasteiger partial charge in [0.05, 0.1) is 11.1 Å². The maximum absolute atomic E-state index is 13.9. The summed E-state index contributed by atoms with van der Waals surface area (Å²) in [6, 6.07) is 17.4. The van der Waals surface area contributed by atoms with Gasteiger partial charge in [-0.3, -0.25) is 24.0 Å². The zero-order chi connectivity index (χ0) is 53.4. The van der Waals surface area contributed by atoms with Gasteiger partial charge in [-0.1, -0.05) is 107 Å². The number of ether oxygens (including phenoxy) is 4. The van der Waals surface area contributed by atoms with E-state index in [9.17, 15) is 33.6 Å². The van der Waals surface area contributed by atoms with E-state index in [2.05, 4.69) is 16.0 Å². The van der Waals surface area contributed by atoms with E-state index in [-0.39, 0.29) is 49.3 Å². The van der Waals surface area contributed by atoms with Crippen LogP contribution in [0.2, 0.25) is 0 Å². The maximum Gasteiger partial charge on any atom is 0.343 e. The predicted octanol–water partition coefficient (Wildman–Crippen LogP) is 11.2. The molecule has 0 aliphatic carbocycles. The Labute approximate surface area is 419 Å². The average molecular weight is 976 g/mol. The highest BCUT2D eigenvalue weighted by Crippen LogP contribution is 2.43. The Morgan fingerprint density at radius 1 is 0.423 bits per heavy atom. The molecule has 382 valence electrons. The average Bonchev–Trinajstić information content (AvgIpc) is 3.21. The SMILES string of the molecule is CC(=O)Nc1cc(C)cc(C(=O)Oc2c(C(C)(C)C)cc(CCC(=O)OCCOC(=O)CCc3cc(C(C)(C)C)c(OC(=O)c4cc(NC(C)=O)cc(NC(C)=O)c4)c(C(C)(C)C)c3)cc2C(C)(C)C)c1. The fourth-order valence-corrected chi connectivity index (χ4v) is 7.84. The Morgan fingerprint density at radius 2 is 0.718 bits per heavy atom. The highest BCUT2D eigenvalue weighted by molar-refractivity contribution is 5.99. The summed E-state index contributed by atoms with van der Waals surface area (Å²) in [5, 5.41) is 8.06. The van der Waals surface area contributed by atoms with E-state index in [1.807, 2.05) is 114 Å². The molecule has 0 atom stereocenters. The summed E-state index contributed by atoms with van der Waals surface area (Å²) in [5.74, 6) is -2.28. The van der Waals surface area contributed by atoms with Gasteiger partial charge in [-0.2, -0.15) is 0 Å². The van der Waals surface area contributed by atoms with Gasteiger partial charge < -0.3 is 34.9 Å². The van der Waals surface area contributed by atoms with E-state index in [0.29, 0.717) is 47.0 Å². The van der Waals surface area contributed by atoms with Crippen LogP contribution in [0.1, 0.15) is 176 Å². The van der Waals surface area contributed by atoms with Crippen LogP contribution in [0.15, 0.2) is 60.7 Å². The molecule has 0 aliphatic heterocycles. The second kappa shape index (κ2) is 22.9. The Kier molecular flexibility index (Phi) is 18.3. The van der Waals surface area contributed by atoms with Gasteiger partial charge in [0.15, 0.2) is 0 Å². The topological polar surface area (TPSA) is 192 Å². The lowest BCUT2D eigenvalue weighted by atomic mass is 9.78. The van der Waals surface area contributed by atoms with Crippen LogP contribution in [0, 0.1) is 6.92 Å². The molecule has 0 unspecified atom stereocenters. The standard InChI is InChI=1S/C57H73N3O11/c1-33-23-39(29-41(24-33)58-34(2)61)52(66)70-50-44(54(5,6)7)25-37(26-45(50)55(8,9)10)17-19-48(64)68-21-22-69-49(65)20-18-38-27-46(56(11,12)13)51(47(28-38)57(14,15)16)71-53(67)40-30-42(59-35(3)62)32-43(31-40)60-36(4)63/h23-32H,17-22H2,1-16H3,(H,58,61)(H,59,62)(H,60,63). The molecule has 0 heterocycles. The lowest BCUT2D eigenvalue weighted by Crippen LogP contribution is -2.23. The van der Waals surface area contributed by atoms with Gasteiger partial charge in [0, 0.05) is 72.9 Å². The zero-order valence-electron chi connectivity index (χ0n) is 44.5. The van der Waals surface area contributed by atoms with Crippen LogP contribution in [0.3, 0.4) is 0 Å².